The maximum Gasteiger partial charge on any atom is 0.269 e. The Hall–Kier alpha value is -2.54. The monoisotopic (exact) mass is 318 g/mol. The summed E-state index contributed by atoms with van der Waals surface area (Å²) in [6.07, 6.45) is 0. The van der Waals surface area contributed by atoms with Crippen molar-refractivity contribution in [2.75, 3.05) is 5.32 Å². The van der Waals surface area contributed by atoms with E-state index in [1.54, 1.807) is 37.3 Å². The molecule has 1 amide bonds. The number of carbonyl (C=O) groups excluding carboxylic acids is 1. The Morgan fingerprint density at radius 1 is 1.23 bits per heavy atom. The predicted octanol–water partition coefficient (Wildman–Crippen LogP) is 3.42. The Kier molecular flexibility index (Phi) is 5.00. The SMILES string of the molecule is CC(Sc1ccc([N+](=O)[O-])cc1)C(=O)Nc1ccccc1O. The third-order valence-electron chi connectivity index (χ3n) is 2.89. The smallest absolute Gasteiger partial charge is 0.269 e. The van der Waals surface area contributed by atoms with Gasteiger partial charge in [0.25, 0.3) is 5.69 Å². The van der Waals surface area contributed by atoms with Crippen LogP contribution in [-0.2, 0) is 4.79 Å². The number of hydrogen-bond acceptors (Lipinski definition) is 5. The minimum atomic E-state index is -0.469. The third-order valence-corrected chi connectivity index (χ3v) is 4.00. The van der Waals surface area contributed by atoms with Gasteiger partial charge >= 0.3 is 0 Å². The Bertz CT molecular complexity index is 688. The fraction of sp³-hybridized carbons (Fsp3) is 0.133. The number of nitrogens with one attached hydrogen (secondary N) is 1. The van der Waals surface area contributed by atoms with Gasteiger partial charge in [-0.3, -0.25) is 14.9 Å². The quantitative estimate of drug-likeness (QED) is 0.381. The largest absolute Gasteiger partial charge is 0.506 e. The molecule has 2 aromatic carbocycles. The van der Waals surface area contributed by atoms with Crippen molar-refractivity contribution in [2.24, 2.45) is 0 Å². The molecule has 114 valence electrons. The molecule has 22 heavy (non-hydrogen) atoms. The number of nitro groups is 1. The van der Waals surface area contributed by atoms with Crippen LogP contribution in [0.5, 0.6) is 5.75 Å². The number of anilines is 1. The number of nitrogens with zero attached hydrogens (tertiary/aromatic N) is 1. The lowest BCUT2D eigenvalue weighted by Crippen LogP contribution is -2.22. The molecule has 0 spiro atoms. The van der Waals surface area contributed by atoms with E-state index in [-0.39, 0.29) is 17.3 Å². The molecule has 0 saturated carbocycles. The summed E-state index contributed by atoms with van der Waals surface area (Å²) in [6.45, 7) is 1.72. The first-order valence-corrected chi connectivity index (χ1v) is 7.35. The van der Waals surface area contributed by atoms with Crippen molar-refractivity contribution in [1.29, 1.82) is 0 Å². The van der Waals surface area contributed by atoms with E-state index in [1.807, 2.05) is 0 Å². The van der Waals surface area contributed by atoms with E-state index in [9.17, 15) is 20.0 Å². The Labute approximate surface area is 131 Å². The summed E-state index contributed by atoms with van der Waals surface area (Å²) >= 11 is 1.28. The molecular weight excluding hydrogens is 304 g/mol. The molecule has 0 aliphatic carbocycles. The zero-order chi connectivity index (χ0) is 16.1. The van der Waals surface area contributed by atoms with Crippen molar-refractivity contribution in [3.8, 4) is 5.75 Å². The topological polar surface area (TPSA) is 92.5 Å². The molecule has 0 aliphatic heterocycles. The first kappa shape index (κ1) is 15.8. The third kappa shape index (κ3) is 3.98. The highest BCUT2D eigenvalue weighted by atomic mass is 32.2. The second kappa shape index (κ2) is 6.95. The van der Waals surface area contributed by atoms with Crippen LogP contribution in [0.4, 0.5) is 11.4 Å². The van der Waals surface area contributed by atoms with Gasteiger partial charge in [0.2, 0.25) is 5.91 Å². The summed E-state index contributed by atoms with van der Waals surface area (Å²) < 4.78 is 0. The van der Waals surface area contributed by atoms with Crippen molar-refractivity contribution in [1.82, 2.24) is 0 Å². The zero-order valence-corrected chi connectivity index (χ0v) is 12.5. The van der Waals surface area contributed by atoms with Crippen LogP contribution in [0.1, 0.15) is 6.92 Å². The number of amides is 1. The Morgan fingerprint density at radius 2 is 1.86 bits per heavy atom. The van der Waals surface area contributed by atoms with E-state index in [4.69, 9.17) is 0 Å². The number of aromatic hydroxyl groups is 1. The van der Waals surface area contributed by atoms with Crippen LogP contribution in [0.15, 0.2) is 53.4 Å². The standard InChI is InChI=1S/C15H14N2O4S/c1-10(15(19)16-13-4-2-3-5-14(13)18)22-12-8-6-11(7-9-12)17(20)21/h2-10,18H,1H3,(H,16,19). The van der Waals surface area contributed by atoms with Gasteiger partial charge in [-0.05, 0) is 31.2 Å². The van der Waals surface area contributed by atoms with Crippen LogP contribution in [-0.4, -0.2) is 21.2 Å². The molecule has 0 bridgehead atoms. The lowest BCUT2D eigenvalue weighted by Gasteiger charge is -2.12. The lowest BCUT2D eigenvalue weighted by atomic mass is 10.3. The number of thioether (sulfide) groups is 1. The van der Waals surface area contributed by atoms with E-state index < -0.39 is 10.2 Å². The molecule has 0 aliphatic rings. The summed E-state index contributed by atoms with van der Waals surface area (Å²) in [6, 6.07) is 12.5. The highest BCUT2D eigenvalue weighted by molar-refractivity contribution is 8.00. The molecule has 1 atom stereocenters. The first-order chi connectivity index (χ1) is 10.5. The van der Waals surface area contributed by atoms with Gasteiger partial charge in [0.15, 0.2) is 0 Å². The number of rotatable bonds is 5. The molecule has 0 saturated heterocycles. The van der Waals surface area contributed by atoms with Gasteiger partial charge in [-0.2, -0.15) is 0 Å². The van der Waals surface area contributed by atoms with Gasteiger partial charge in [0, 0.05) is 17.0 Å². The second-order valence-electron chi connectivity index (χ2n) is 4.52. The summed E-state index contributed by atoms with van der Waals surface area (Å²) in [4.78, 5) is 23.0. The summed E-state index contributed by atoms with van der Waals surface area (Å²) in [5, 5.41) is 22.4. The molecular formula is C15H14N2O4S. The molecule has 2 rings (SSSR count). The van der Waals surface area contributed by atoms with Crippen LogP contribution in [0, 0.1) is 10.1 Å². The van der Waals surface area contributed by atoms with Gasteiger partial charge in [-0.15, -0.1) is 11.8 Å². The number of para-hydroxylation sites is 2. The summed E-state index contributed by atoms with van der Waals surface area (Å²) in [5.74, 6) is -0.256. The summed E-state index contributed by atoms with van der Waals surface area (Å²) in [7, 11) is 0. The van der Waals surface area contributed by atoms with Crippen LogP contribution in [0.3, 0.4) is 0 Å². The molecule has 2 aromatic rings. The molecule has 7 heteroatoms. The number of hydrogen-bond donors (Lipinski definition) is 2. The average molecular weight is 318 g/mol. The molecule has 0 fully saturated rings. The molecule has 2 N–H and O–H groups in total. The van der Waals surface area contributed by atoms with Crippen molar-refractivity contribution in [3.63, 3.8) is 0 Å². The minimum absolute atomic E-state index is 0.00314. The first-order valence-electron chi connectivity index (χ1n) is 6.47. The minimum Gasteiger partial charge on any atom is -0.506 e. The van der Waals surface area contributed by atoms with Crippen LogP contribution in [0.2, 0.25) is 0 Å². The van der Waals surface area contributed by atoms with Crippen molar-refractivity contribution < 1.29 is 14.8 Å². The van der Waals surface area contributed by atoms with Crippen molar-refractivity contribution in [3.05, 3.63) is 58.6 Å². The number of nitro benzene ring substituents is 1. The zero-order valence-electron chi connectivity index (χ0n) is 11.7. The van der Waals surface area contributed by atoms with Crippen molar-refractivity contribution >= 4 is 29.0 Å². The van der Waals surface area contributed by atoms with Gasteiger partial charge in [-0.25, -0.2) is 0 Å². The summed E-state index contributed by atoms with van der Waals surface area (Å²) in [5.41, 5.74) is 0.360. The highest BCUT2D eigenvalue weighted by Crippen LogP contribution is 2.27. The fourth-order valence-corrected chi connectivity index (χ4v) is 2.59. The van der Waals surface area contributed by atoms with Gasteiger partial charge in [0.05, 0.1) is 15.9 Å². The highest BCUT2D eigenvalue weighted by Gasteiger charge is 2.16. The Balaban J connectivity index is 1.99. The Morgan fingerprint density at radius 3 is 2.45 bits per heavy atom. The van der Waals surface area contributed by atoms with E-state index >= 15 is 0 Å². The molecule has 1 unspecified atom stereocenters. The maximum absolute atomic E-state index is 12.1. The van der Waals surface area contributed by atoms with E-state index in [0.29, 0.717) is 5.69 Å². The van der Waals surface area contributed by atoms with Crippen LogP contribution < -0.4 is 5.32 Å². The van der Waals surface area contributed by atoms with Gasteiger partial charge in [-0.1, -0.05) is 12.1 Å². The van der Waals surface area contributed by atoms with E-state index in [0.717, 1.165) is 4.90 Å². The van der Waals surface area contributed by atoms with E-state index in [1.165, 1.54) is 30.0 Å². The number of benzene rings is 2. The molecule has 6 nitrogen and oxygen atoms in total. The molecule has 0 heterocycles. The van der Waals surface area contributed by atoms with Crippen molar-refractivity contribution in [2.45, 2.75) is 17.1 Å². The number of phenols is 1. The second-order valence-corrected chi connectivity index (χ2v) is 5.93. The van der Waals surface area contributed by atoms with E-state index in [2.05, 4.69) is 5.32 Å². The molecule has 0 aromatic heterocycles. The van der Waals surface area contributed by atoms with Crippen LogP contribution in [0.25, 0.3) is 0 Å². The maximum atomic E-state index is 12.1. The normalized spacial score (nSPS) is 11.7. The number of carbonyl (C=O) groups is 1. The fourth-order valence-electron chi connectivity index (χ4n) is 1.72. The predicted molar refractivity (Wildman–Crippen MR) is 85.2 cm³/mol. The number of non-ortho nitro benzene ring substituents is 1. The van der Waals surface area contributed by atoms with Gasteiger partial charge < -0.3 is 10.4 Å². The van der Waals surface area contributed by atoms with Gasteiger partial charge in [0.1, 0.15) is 5.75 Å². The average Bonchev–Trinajstić information content (AvgIpc) is 2.50. The lowest BCUT2D eigenvalue weighted by molar-refractivity contribution is -0.384. The number of phenolic OH excluding ortho intramolecular Hbond substituents is 1. The molecule has 0 radical (unpaired) electrons. The van der Waals surface area contributed by atoms with Crippen LogP contribution >= 0.6 is 11.8 Å².